The van der Waals surface area contributed by atoms with Crippen LogP contribution in [0, 0.1) is 5.41 Å². The van der Waals surface area contributed by atoms with Crippen molar-refractivity contribution in [3.8, 4) is 0 Å². The summed E-state index contributed by atoms with van der Waals surface area (Å²) >= 11 is 0. The van der Waals surface area contributed by atoms with Gasteiger partial charge >= 0.3 is 0 Å². The van der Waals surface area contributed by atoms with Crippen molar-refractivity contribution in [2.45, 2.75) is 58.8 Å². The Balaban J connectivity index is 2.27. The van der Waals surface area contributed by atoms with Gasteiger partial charge in [0.2, 0.25) is 0 Å². The molecule has 0 unspecified atom stereocenters. The second-order valence-electron chi connectivity index (χ2n) is 4.09. The quantitative estimate of drug-likeness (QED) is 0.594. The van der Waals surface area contributed by atoms with E-state index in [0.717, 1.165) is 19.3 Å². The molecule has 0 bridgehead atoms. The lowest BCUT2D eigenvalue weighted by molar-refractivity contribution is -0.113. The molecule has 0 spiro atoms. The first-order valence-corrected chi connectivity index (χ1v) is 5.28. The van der Waals surface area contributed by atoms with Crippen LogP contribution >= 0.6 is 0 Å². The van der Waals surface area contributed by atoms with Crippen LogP contribution in [-0.4, -0.2) is 5.78 Å². The fourth-order valence-corrected chi connectivity index (χ4v) is 1.87. The first kappa shape index (κ1) is 9.76. The van der Waals surface area contributed by atoms with Gasteiger partial charge < -0.3 is 0 Å². The molecular formula is C11H20O. The van der Waals surface area contributed by atoms with Crippen molar-refractivity contribution in [3.05, 3.63) is 0 Å². The lowest BCUT2D eigenvalue weighted by Crippen LogP contribution is -2.03. The van der Waals surface area contributed by atoms with E-state index < -0.39 is 0 Å². The highest BCUT2D eigenvalue weighted by molar-refractivity contribution is 6.00. The summed E-state index contributed by atoms with van der Waals surface area (Å²) in [6, 6.07) is 0. The fourth-order valence-electron chi connectivity index (χ4n) is 1.87. The Kier molecular flexibility index (Phi) is 3.30. The molecule has 0 amide bonds. The van der Waals surface area contributed by atoms with Crippen LogP contribution in [0.15, 0.2) is 0 Å². The van der Waals surface area contributed by atoms with Gasteiger partial charge in [-0.25, -0.2) is 0 Å². The summed E-state index contributed by atoms with van der Waals surface area (Å²) < 4.78 is 0. The van der Waals surface area contributed by atoms with Crippen molar-refractivity contribution in [1.29, 1.82) is 0 Å². The summed E-state index contributed by atoms with van der Waals surface area (Å²) in [5, 5.41) is 0. The zero-order valence-electron chi connectivity index (χ0n) is 8.36. The molecule has 0 atom stereocenters. The van der Waals surface area contributed by atoms with Crippen molar-refractivity contribution in [2.24, 2.45) is 5.41 Å². The molecule has 0 heterocycles. The molecule has 1 fully saturated rings. The lowest BCUT2D eigenvalue weighted by atomic mass is 9.93. The minimum absolute atomic E-state index is 0.173. The Labute approximate surface area is 75.5 Å². The van der Waals surface area contributed by atoms with Crippen molar-refractivity contribution in [2.75, 3.05) is 0 Å². The highest BCUT2D eigenvalue weighted by Crippen LogP contribution is 2.49. The van der Waals surface area contributed by atoms with E-state index in [9.17, 15) is 4.79 Å². The topological polar surface area (TPSA) is 17.1 Å². The molecule has 12 heavy (non-hydrogen) atoms. The maximum atomic E-state index is 11.2. The molecule has 1 nitrogen and oxygen atoms in total. The molecule has 0 aromatic carbocycles. The van der Waals surface area contributed by atoms with Crippen LogP contribution in [-0.2, 0) is 4.79 Å². The van der Waals surface area contributed by atoms with Crippen LogP contribution in [0.4, 0.5) is 0 Å². The van der Waals surface area contributed by atoms with Gasteiger partial charge in [-0.15, -0.1) is 0 Å². The van der Waals surface area contributed by atoms with E-state index in [2.05, 4.69) is 13.8 Å². The molecule has 0 aromatic rings. The van der Waals surface area contributed by atoms with Gasteiger partial charge in [-0.3, -0.25) is 4.79 Å². The van der Waals surface area contributed by atoms with Gasteiger partial charge in [0.05, 0.1) is 0 Å². The molecule has 1 aliphatic rings. The summed E-state index contributed by atoms with van der Waals surface area (Å²) in [5.41, 5.74) is 0.173. The largest absolute Gasteiger partial charge is 0.299 e. The Morgan fingerprint density at radius 1 is 1.17 bits per heavy atom. The smallest absolute Gasteiger partial charge is 0.140 e. The first-order valence-electron chi connectivity index (χ1n) is 5.28. The van der Waals surface area contributed by atoms with Crippen molar-refractivity contribution in [1.82, 2.24) is 0 Å². The van der Waals surface area contributed by atoms with Gasteiger partial charge in [-0.05, 0) is 12.8 Å². The van der Waals surface area contributed by atoms with Crippen LogP contribution in [0.3, 0.4) is 0 Å². The minimum Gasteiger partial charge on any atom is -0.299 e. The predicted molar refractivity (Wildman–Crippen MR) is 51.1 cm³/mol. The van der Waals surface area contributed by atoms with E-state index >= 15 is 0 Å². The van der Waals surface area contributed by atoms with E-state index in [0.29, 0.717) is 5.78 Å². The van der Waals surface area contributed by atoms with E-state index in [1.165, 1.54) is 25.7 Å². The fraction of sp³-hybridized carbons (Fsp3) is 0.909. The van der Waals surface area contributed by atoms with Gasteiger partial charge in [0.1, 0.15) is 5.78 Å². The molecular weight excluding hydrogens is 148 g/mol. The van der Waals surface area contributed by atoms with Crippen LogP contribution in [0.25, 0.3) is 0 Å². The number of hydrogen-bond donors (Lipinski definition) is 0. The van der Waals surface area contributed by atoms with Gasteiger partial charge in [-0.2, -0.15) is 0 Å². The van der Waals surface area contributed by atoms with Crippen molar-refractivity contribution >= 4 is 5.78 Å². The standard InChI is InChI=1S/C11H20O/c1-3-5-7-11(8-6-4-2)9-10(11)12/h3-9H2,1-2H3. The second kappa shape index (κ2) is 4.06. The minimum atomic E-state index is 0.173. The number of ketones is 1. The number of unbranched alkanes of at least 4 members (excludes halogenated alkanes) is 2. The Bertz CT molecular complexity index is 152. The predicted octanol–water partition coefficient (Wildman–Crippen LogP) is 3.33. The Hall–Kier alpha value is -0.330. The van der Waals surface area contributed by atoms with E-state index in [-0.39, 0.29) is 5.41 Å². The highest BCUT2D eigenvalue weighted by atomic mass is 16.1. The van der Waals surface area contributed by atoms with Crippen LogP contribution in [0.1, 0.15) is 58.8 Å². The first-order chi connectivity index (χ1) is 5.75. The molecule has 0 N–H and O–H groups in total. The third-order valence-electron chi connectivity index (χ3n) is 2.98. The zero-order chi connectivity index (χ0) is 9.03. The van der Waals surface area contributed by atoms with Crippen LogP contribution < -0.4 is 0 Å². The summed E-state index contributed by atoms with van der Waals surface area (Å²) in [4.78, 5) is 11.2. The van der Waals surface area contributed by atoms with E-state index in [4.69, 9.17) is 0 Å². The van der Waals surface area contributed by atoms with Crippen LogP contribution in [0.5, 0.6) is 0 Å². The highest BCUT2D eigenvalue weighted by Gasteiger charge is 2.51. The maximum Gasteiger partial charge on any atom is 0.140 e. The molecule has 1 heteroatoms. The average molecular weight is 168 g/mol. The summed E-state index contributed by atoms with van der Waals surface area (Å²) in [5.74, 6) is 0.532. The van der Waals surface area contributed by atoms with Gasteiger partial charge in [0.25, 0.3) is 0 Å². The van der Waals surface area contributed by atoms with Gasteiger partial charge in [0, 0.05) is 11.8 Å². The number of hydrogen-bond acceptors (Lipinski definition) is 1. The maximum absolute atomic E-state index is 11.2. The Morgan fingerprint density at radius 2 is 1.58 bits per heavy atom. The third kappa shape index (κ3) is 2.09. The van der Waals surface area contributed by atoms with E-state index in [1.807, 2.05) is 0 Å². The molecule has 1 rings (SSSR count). The molecule has 0 saturated heterocycles. The molecule has 1 saturated carbocycles. The van der Waals surface area contributed by atoms with Gasteiger partial charge in [0.15, 0.2) is 0 Å². The zero-order valence-corrected chi connectivity index (χ0v) is 8.36. The number of carbonyl (C=O) groups excluding carboxylic acids is 1. The number of carbonyl (C=O) groups is 1. The van der Waals surface area contributed by atoms with E-state index in [1.54, 1.807) is 0 Å². The monoisotopic (exact) mass is 168 g/mol. The SMILES string of the molecule is CCCCC1(CCCC)CC1=O. The van der Waals surface area contributed by atoms with Crippen LogP contribution in [0.2, 0.25) is 0 Å². The normalized spacial score (nSPS) is 19.7. The van der Waals surface area contributed by atoms with Crippen molar-refractivity contribution in [3.63, 3.8) is 0 Å². The Morgan fingerprint density at radius 3 is 1.83 bits per heavy atom. The molecule has 70 valence electrons. The summed E-state index contributed by atoms with van der Waals surface area (Å²) in [6.45, 7) is 4.39. The summed E-state index contributed by atoms with van der Waals surface area (Å²) in [6.07, 6.45) is 8.10. The summed E-state index contributed by atoms with van der Waals surface area (Å²) in [7, 11) is 0. The average Bonchev–Trinajstić information content (AvgIpc) is 2.71. The van der Waals surface area contributed by atoms with Crippen molar-refractivity contribution < 1.29 is 4.79 Å². The lowest BCUT2D eigenvalue weighted by Gasteiger charge is -2.10. The molecule has 0 aliphatic heterocycles. The molecule has 0 aromatic heterocycles. The number of Topliss-reactive ketones (excluding diaryl/α,β-unsaturated/α-hetero) is 1. The molecule has 0 radical (unpaired) electrons. The van der Waals surface area contributed by atoms with Gasteiger partial charge in [-0.1, -0.05) is 39.5 Å². The number of rotatable bonds is 6. The third-order valence-corrected chi connectivity index (χ3v) is 2.98. The molecule has 1 aliphatic carbocycles. The second-order valence-corrected chi connectivity index (χ2v) is 4.09.